The number of aromatic nitrogens is 2. The second-order valence-corrected chi connectivity index (χ2v) is 9.81. The number of nitrogens with one attached hydrogen (secondary N) is 2. The Morgan fingerprint density at radius 1 is 1.17 bits per heavy atom. The molecule has 4 heterocycles. The number of methoxy groups -OCH3 is 1. The first-order chi connectivity index (χ1) is 17.5. The fourth-order valence-corrected chi connectivity index (χ4v) is 4.74. The van der Waals surface area contributed by atoms with Gasteiger partial charge in [-0.3, -0.25) is 25.5 Å². The zero-order valence-electron chi connectivity index (χ0n) is 19.6. The number of nitrogens with zero attached hydrogens (tertiary/aromatic N) is 3. The lowest BCUT2D eigenvalue weighted by Gasteiger charge is -2.23. The van der Waals surface area contributed by atoms with Crippen LogP contribution in [0.15, 0.2) is 29.6 Å². The first-order valence-corrected chi connectivity index (χ1v) is 12.6. The molecule has 2 aromatic rings. The van der Waals surface area contributed by atoms with Crippen LogP contribution in [0, 0.1) is 17.8 Å². The lowest BCUT2D eigenvalue weighted by Crippen LogP contribution is -2.28. The van der Waals surface area contributed by atoms with Gasteiger partial charge in [0.1, 0.15) is 11.4 Å². The average Bonchev–Trinajstić information content (AvgIpc) is 3.64. The largest absolute Gasteiger partial charge is 0.494 e. The van der Waals surface area contributed by atoms with Crippen molar-refractivity contribution < 1.29 is 23.0 Å². The SMILES string of the molecule is COc1cnc(C(F)F)cc1-c1cc(C2CCOCC2)ncc1C(=O)NC1=NNC(C#CC2CC2)S1. The van der Waals surface area contributed by atoms with Crippen molar-refractivity contribution in [3.63, 3.8) is 0 Å². The minimum absolute atomic E-state index is 0.141. The van der Waals surface area contributed by atoms with Gasteiger partial charge in [-0.25, -0.2) is 8.78 Å². The number of ether oxygens (including phenoxy) is 2. The molecule has 8 nitrogen and oxygen atoms in total. The van der Waals surface area contributed by atoms with Gasteiger partial charge in [0.15, 0.2) is 10.5 Å². The van der Waals surface area contributed by atoms with Crippen LogP contribution in [0.5, 0.6) is 5.75 Å². The molecule has 0 aromatic carbocycles. The summed E-state index contributed by atoms with van der Waals surface area (Å²) in [5, 5.41) is 7.11. The van der Waals surface area contributed by atoms with Gasteiger partial charge in [-0.1, -0.05) is 11.8 Å². The maximum atomic E-state index is 13.5. The number of hydrogen-bond acceptors (Lipinski definition) is 8. The van der Waals surface area contributed by atoms with Crippen LogP contribution < -0.4 is 15.5 Å². The lowest BCUT2D eigenvalue weighted by molar-refractivity contribution is 0.0844. The first kappa shape index (κ1) is 24.5. The summed E-state index contributed by atoms with van der Waals surface area (Å²) in [5.41, 5.74) is 4.27. The molecule has 1 atom stereocenters. The van der Waals surface area contributed by atoms with Gasteiger partial charge in [0.25, 0.3) is 12.3 Å². The van der Waals surface area contributed by atoms with Crippen LogP contribution in [0.2, 0.25) is 0 Å². The number of carbonyl (C=O) groups is 1. The molecule has 188 valence electrons. The van der Waals surface area contributed by atoms with Gasteiger partial charge in [0.2, 0.25) is 0 Å². The van der Waals surface area contributed by atoms with E-state index in [-0.39, 0.29) is 22.6 Å². The summed E-state index contributed by atoms with van der Waals surface area (Å²) in [6.45, 7) is 1.24. The smallest absolute Gasteiger partial charge is 0.280 e. The number of halogens is 2. The Bertz CT molecular complexity index is 1240. The number of amides is 1. The predicted molar refractivity (Wildman–Crippen MR) is 132 cm³/mol. The molecule has 1 amide bonds. The van der Waals surface area contributed by atoms with E-state index < -0.39 is 18.0 Å². The summed E-state index contributed by atoms with van der Waals surface area (Å²) in [5.74, 6) is 6.72. The van der Waals surface area contributed by atoms with Gasteiger partial charge in [0, 0.05) is 48.1 Å². The molecule has 36 heavy (non-hydrogen) atoms. The van der Waals surface area contributed by atoms with E-state index in [1.165, 1.54) is 37.3 Å². The van der Waals surface area contributed by atoms with E-state index in [2.05, 4.69) is 37.7 Å². The third kappa shape index (κ3) is 5.60. The van der Waals surface area contributed by atoms with Crippen molar-refractivity contribution in [2.24, 2.45) is 11.0 Å². The molecule has 3 aliphatic rings. The Labute approximate surface area is 211 Å². The van der Waals surface area contributed by atoms with Crippen molar-refractivity contribution in [2.45, 2.75) is 43.4 Å². The maximum absolute atomic E-state index is 13.5. The monoisotopic (exact) mass is 513 g/mol. The van der Waals surface area contributed by atoms with Crippen molar-refractivity contribution in [1.29, 1.82) is 0 Å². The topological polar surface area (TPSA) is 97.7 Å². The Kier molecular flexibility index (Phi) is 7.34. The summed E-state index contributed by atoms with van der Waals surface area (Å²) < 4.78 is 37.9. The summed E-state index contributed by atoms with van der Waals surface area (Å²) >= 11 is 1.31. The Balaban J connectivity index is 1.46. The number of hydrazone groups is 1. The molecule has 1 saturated carbocycles. The third-order valence-corrected chi connectivity index (χ3v) is 7.04. The van der Waals surface area contributed by atoms with Crippen LogP contribution in [-0.4, -0.2) is 46.7 Å². The number of hydrogen-bond donors (Lipinski definition) is 2. The predicted octanol–water partition coefficient (Wildman–Crippen LogP) is 4.06. The molecular formula is C25H25F2N5O3S. The third-order valence-electron chi connectivity index (χ3n) is 6.16. The fraction of sp³-hybridized carbons (Fsp3) is 0.440. The van der Waals surface area contributed by atoms with Crippen molar-refractivity contribution >= 4 is 22.8 Å². The molecule has 2 aliphatic heterocycles. The van der Waals surface area contributed by atoms with Gasteiger partial charge >= 0.3 is 0 Å². The molecular weight excluding hydrogens is 488 g/mol. The normalized spacial score (nSPS) is 19.8. The lowest BCUT2D eigenvalue weighted by atomic mass is 9.92. The van der Waals surface area contributed by atoms with Gasteiger partial charge in [-0.05, 0) is 49.6 Å². The fourth-order valence-electron chi connectivity index (χ4n) is 4.03. The molecule has 1 aliphatic carbocycles. The van der Waals surface area contributed by atoms with Crippen molar-refractivity contribution in [2.75, 3.05) is 20.3 Å². The number of rotatable bonds is 5. The number of thioether (sulfide) groups is 1. The standard InChI is InChI=1S/C25H25F2N5O3S/c1-34-21-13-29-20(23(26)27)11-17(21)16-10-19(15-6-8-35-9-7-15)28-12-18(16)24(33)30-25-32-31-22(36-25)5-4-14-2-3-14/h10-15,22-23,31H,2-3,6-9H2,1H3,(H,30,32,33). The molecule has 1 unspecified atom stereocenters. The van der Waals surface area contributed by atoms with Crippen LogP contribution >= 0.6 is 11.8 Å². The van der Waals surface area contributed by atoms with Crippen LogP contribution in [0.4, 0.5) is 8.78 Å². The van der Waals surface area contributed by atoms with E-state index in [0.29, 0.717) is 35.4 Å². The highest BCUT2D eigenvalue weighted by Gasteiger charge is 2.26. The van der Waals surface area contributed by atoms with Gasteiger partial charge in [-0.15, -0.1) is 0 Å². The highest BCUT2D eigenvalue weighted by molar-refractivity contribution is 8.14. The molecule has 0 spiro atoms. The molecule has 0 radical (unpaired) electrons. The van der Waals surface area contributed by atoms with Gasteiger partial charge < -0.3 is 9.47 Å². The highest BCUT2D eigenvalue weighted by atomic mass is 32.2. The Morgan fingerprint density at radius 2 is 1.97 bits per heavy atom. The van der Waals surface area contributed by atoms with E-state index in [4.69, 9.17) is 9.47 Å². The van der Waals surface area contributed by atoms with Crippen LogP contribution in [0.3, 0.4) is 0 Å². The van der Waals surface area contributed by atoms with Gasteiger partial charge in [0.05, 0.1) is 18.9 Å². The van der Waals surface area contributed by atoms with Crippen molar-refractivity contribution in [3.8, 4) is 28.7 Å². The highest BCUT2D eigenvalue weighted by Crippen LogP contribution is 2.37. The van der Waals surface area contributed by atoms with Crippen LogP contribution in [0.25, 0.3) is 11.1 Å². The number of amidine groups is 1. The average molecular weight is 514 g/mol. The molecule has 1 saturated heterocycles. The summed E-state index contributed by atoms with van der Waals surface area (Å²) in [7, 11) is 1.43. The molecule has 2 N–H and O–H groups in total. The summed E-state index contributed by atoms with van der Waals surface area (Å²) in [4.78, 5) is 21.7. The second kappa shape index (κ2) is 10.8. The van der Waals surface area contributed by atoms with Crippen LogP contribution in [-0.2, 0) is 4.74 Å². The first-order valence-electron chi connectivity index (χ1n) is 11.7. The number of alkyl halides is 2. The molecule has 0 bridgehead atoms. The zero-order valence-corrected chi connectivity index (χ0v) is 20.4. The van der Waals surface area contributed by atoms with E-state index >= 15 is 0 Å². The summed E-state index contributed by atoms with van der Waals surface area (Å²) in [6, 6.07) is 3.04. The molecule has 11 heteroatoms. The maximum Gasteiger partial charge on any atom is 0.280 e. The van der Waals surface area contributed by atoms with E-state index in [9.17, 15) is 13.6 Å². The minimum Gasteiger partial charge on any atom is -0.494 e. The summed E-state index contributed by atoms with van der Waals surface area (Å²) in [6.07, 6.45) is 3.78. The number of carbonyl (C=O) groups excluding carboxylic acids is 1. The van der Waals surface area contributed by atoms with E-state index in [0.717, 1.165) is 31.4 Å². The van der Waals surface area contributed by atoms with E-state index in [1.54, 1.807) is 6.07 Å². The quantitative estimate of drug-likeness (QED) is 0.582. The van der Waals surface area contributed by atoms with Crippen LogP contribution in [0.1, 0.15) is 59.8 Å². The Morgan fingerprint density at radius 3 is 2.69 bits per heavy atom. The zero-order chi connectivity index (χ0) is 25.1. The molecule has 2 aromatic heterocycles. The van der Waals surface area contributed by atoms with Crippen molar-refractivity contribution in [1.82, 2.24) is 20.7 Å². The number of pyridine rings is 2. The van der Waals surface area contributed by atoms with E-state index in [1.807, 2.05) is 0 Å². The Hall–Kier alpha value is -3.23. The molecule has 5 rings (SSSR count). The van der Waals surface area contributed by atoms with Gasteiger partial charge in [-0.2, -0.15) is 5.10 Å². The molecule has 2 fully saturated rings. The minimum atomic E-state index is -2.77. The second-order valence-electron chi connectivity index (χ2n) is 8.71. The van der Waals surface area contributed by atoms with Crippen molar-refractivity contribution in [3.05, 3.63) is 41.5 Å².